The molecule has 0 spiro atoms. The topological polar surface area (TPSA) is 109 Å². The summed E-state index contributed by atoms with van der Waals surface area (Å²) in [5, 5.41) is 2.82. The number of aromatic nitrogens is 3. The Bertz CT molecular complexity index is 974. The monoisotopic (exact) mass is 429 g/mol. The predicted molar refractivity (Wildman–Crippen MR) is 100 cm³/mol. The number of fused-ring (bicyclic) bond motifs is 3. The minimum absolute atomic E-state index is 0.0995. The van der Waals surface area contributed by atoms with Gasteiger partial charge in [0.05, 0.1) is 0 Å². The van der Waals surface area contributed by atoms with Gasteiger partial charge in [-0.2, -0.15) is 4.98 Å². The first kappa shape index (κ1) is 19.2. The van der Waals surface area contributed by atoms with Crippen LogP contribution in [0.15, 0.2) is 9.95 Å². The van der Waals surface area contributed by atoms with E-state index in [9.17, 15) is 14.0 Å². The summed E-state index contributed by atoms with van der Waals surface area (Å²) in [4.78, 5) is 36.7. The van der Waals surface area contributed by atoms with Crippen molar-refractivity contribution in [1.82, 2.24) is 25.2 Å². The number of hydrogen-bond acceptors (Lipinski definition) is 8. The van der Waals surface area contributed by atoms with Gasteiger partial charge >= 0.3 is 6.09 Å². The van der Waals surface area contributed by atoms with E-state index in [0.717, 1.165) is 37.7 Å². The third kappa shape index (κ3) is 3.38. The van der Waals surface area contributed by atoms with Gasteiger partial charge in [0.25, 0.3) is 5.56 Å². The van der Waals surface area contributed by atoms with E-state index in [-0.39, 0.29) is 34.0 Å². The van der Waals surface area contributed by atoms with Gasteiger partial charge in [-0.15, -0.1) is 0 Å². The second kappa shape index (κ2) is 7.72. The number of nitrogens with one attached hydrogen (secondary N) is 2. The SMILES string of the molecule is CSc1nc2c(F)c(Cl)nc(OCOC(=O)N3C4CCC3CNC4)c2c(=O)[nH]1. The molecule has 2 fully saturated rings. The number of thioether (sulfide) groups is 1. The van der Waals surface area contributed by atoms with Gasteiger partial charge in [-0.1, -0.05) is 23.4 Å². The molecule has 2 aromatic heterocycles. The fraction of sp³-hybridized carbons (Fsp3) is 0.500. The Balaban J connectivity index is 1.53. The zero-order valence-corrected chi connectivity index (χ0v) is 16.4. The molecule has 4 rings (SSSR count). The maximum atomic E-state index is 14.3. The highest BCUT2D eigenvalue weighted by Gasteiger charge is 2.40. The number of H-pyrrole nitrogens is 1. The van der Waals surface area contributed by atoms with Crippen molar-refractivity contribution in [1.29, 1.82) is 0 Å². The third-order valence-corrected chi connectivity index (χ3v) is 5.69. The highest BCUT2D eigenvalue weighted by Crippen LogP contribution is 2.29. The van der Waals surface area contributed by atoms with Crippen LogP contribution in [0, 0.1) is 5.82 Å². The molecule has 28 heavy (non-hydrogen) atoms. The minimum atomic E-state index is -0.917. The quantitative estimate of drug-likeness (QED) is 0.327. The summed E-state index contributed by atoms with van der Waals surface area (Å²) in [6, 6.07) is 0.199. The number of ether oxygens (including phenoxy) is 2. The van der Waals surface area contributed by atoms with E-state index in [0.29, 0.717) is 0 Å². The Labute approximate surface area is 167 Å². The van der Waals surface area contributed by atoms with Gasteiger partial charge in [0.2, 0.25) is 12.7 Å². The lowest BCUT2D eigenvalue weighted by molar-refractivity contribution is 0.0195. The molecule has 0 saturated carbocycles. The maximum absolute atomic E-state index is 14.3. The summed E-state index contributed by atoms with van der Waals surface area (Å²) in [6.45, 7) is 0.964. The number of rotatable bonds is 4. The third-order valence-electron chi connectivity index (χ3n) is 4.86. The Morgan fingerprint density at radius 2 is 2.07 bits per heavy atom. The molecule has 0 aromatic carbocycles. The Morgan fingerprint density at radius 3 is 2.75 bits per heavy atom. The minimum Gasteiger partial charge on any atom is -0.439 e. The van der Waals surface area contributed by atoms with Crippen LogP contribution in [-0.4, -0.2) is 64.2 Å². The second-order valence-electron chi connectivity index (χ2n) is 6.44. The van der Waals surface area contributed by atoms with Crippen molar-refractivity contribution in [3.8, 4) is 5.88 Å². The van der Waals surface area contributed by atoms with E-state index in [1.807, 2.05) is 0 Å². The summed E-state index contributed by atoms with van der Waals surface area (Å²) < 4.78 is 24.8. The first-order chi connectivity index (χ1) is 13.5. The molecule has 2 aromatic rings. The standard InChI is InChI=1S/C16H17ClFN5O4S/c1-28-15-20-11-9(13(24)22-15)14(21-12(17)10(11)18)26-6-27-16(25)23-7-2-3-8(23)5-19-4-7/h7-8,19H,2-6H2,1H3,(H,20,22,24). The number of hydrogen-bond donors (Lipinski definition) is 2. The lowest BCUT2D eigenvalue weighted by Gasteiger charge is -2.34. The van der Waals surface area contributed by atoms with Crippen molar-refractivity contribution >= 4 is 40.4 Å². The second-order valence-corrected chi connectivity index (χ2v) is 7.60. The Morgan fingerprint density at radius 1 is 1.36 bits per heavy atom. The molecule has 2 atom stereocenters. The summed E-state index contributed by atoms with van der Waals surface area (Å²) >= 11 is 6.95. The van der Waals surface area contributed by atoms with E-state index in [1.54, 1.807) is 11.2 Å². The van der Waals surface area contributed by atoms with Gasteiger partial charge in [0.15, 0.2) is 16.1 Å². The number of piperazine rings is 1. The molecule has 12 heteroatoms. The molecule has 2 aliphatic rings. The number of carbonyl (C=O) groups is 1. The average Bonchev–Trinajstić information content (AvgIpc) is 2.93. The van der Waals surface area contributed by atoms with Gasteiger partial charge in [0, 0.05) is 25.2 Å². The molecule has 2 N–H and O–H groups in total. The number of halogens is 2. The van der Waals surface area contributed by atoms with Crippen LogP contribution >= 0.6 is 23.4 Å². The van der Waals surface area contributed by atoms with Crippen LogP contribution in [0.5, 0.6) is 5.88 Å². The van der Waals surface area contributed by atoms with Gasteiger partial charge in [-0.3, -0.25) is 9.69 Å². The maximum Gasteiger partial charge on any atom is 0.413 e. The van der Waals surface area contributed by atoms with Crippen LogP contribution in [0.25, 0.3) is 10.9 Å². The van der Waals surface area contributed by atoms with Crippen molar-refractivity contribution in [2.45, 2.75) is 30.1 Å². The zero-order valence-electron chi connectivity index (χ0n) is 14.8. The fourth-order valence-corrected chi connectivity index (χ4v) is 4.13. The van der Waals surface area contributed by atoms with Gasteiger partial charge in [0.1, 0.15) is 10.9 Å². The lowest BCUT2D eigenvalue weighted by Crippen LogP contribution is -2.54. The van der Waals surface area contributed by atoms with Gasteiger partial charge < -0.3 is 19.8 Å². The highest BCUT2D eigenvalue weighted by molar-refractivity contribution is 7.98. The van der Waals surface area contributed by atoms with Gasteiger partial charge in [-0.05, 0) is 19.1 Å². The van der Waals surface area contributed by atoms with Crippen molar-refractivity contribution in [2.75, 3.05) is 26.1 Å². The molecular weight excluding hydrogens is 413 g/mol. The van der Waals surface area contributed by atoms with E-state index in [4.69, 9.17) is 21.1 Å². The molecule has 2 bridgehead atoms. The summed E-state index contributed by atoms with van der Waals surface area (Å²) in [6.07, 6.45) is 3.03. The number of carbonyl (C=O) groups excluding carboxylic acids is 1. The molecule has 0 aliphatic carbocycles. The highest BCUT2D eigenvalue weighted by atomic mass is 35.5. The molecule has 2 unspecified atom stereocenters. The van der Waals surface area contributed by atoms with E-state index < -0.39 is 29.4 Å². The molecule has 9 nitrogen and oxygen atoms in total. The van der Waals surface area contributed by atoms with Crippen molar-refractivity contribution in [3.05, 3.63) is 21.3 Å². The van der Waals surface area contributed by atoms with Crippen LogP contribution in [0.1, 0.15) is 12.8 Å². The number of pyridine rings is 1. The predicted octanol–water partition coefficient (Wildman–Crippen LogP) is 1.74. The van der Waals surface area contributed by atoms with Crippen LogP contribution in [-0.2, 0) is 4.74 Å². The van der Waals surface area contributed by atoms with E-state index >= 15 is 0 Å². The molecule has 2 aliphatic heterocycles. The first-order valence-corrected chi connectivity index (χ1v) is 10.2. The van der Waals surface area contributed by atoms with Crippen LogP contribution in [0.3, 0.4) is 0 Å². The van der Waals surface area contributed by atoms with Gasteiger partial charge in [-0.25, -0.2) is 14.2 Å². The molecule has 4 heterocycles. The fourth-order valence-electron chi connectivity index (χ4n) is 3.59. The smallest absolute Gasteiger partial charge is 0.413 e. The largest absolute Gasteiger partial charge is 0.439 e. The van der Waals surface area contributed by atoms with Crippen molar-refractivity contribution in [2.24, 2.45) is 0 Å². The molecular formula is C16H17ClFN5O4S. The first-order valence-electron chi connectivity index (χ1n) is 8.61. The Hall–Kier alpha value is -2.11. The number of nitrogens with zero attached hydrogens (tertiary/aromatic N) is 3. The molecule has 0 radical (unpaired) electrons. The number of aromatic amines is 1. The Kier molecular flexibility index (Phi) is 5.30. The molecule has 150 valence electrons. The zero-order chi connectivity index (χ0) is 19.8. The van der Waals surface area contributed by atoms with Crippen LogP contribution < -0.4 is 15.6 Å². The van der Waals surface area contributed by atoms with Crippen molar-refractivity contribution < 1.29 is 18.7 Å². The normalized spacial score (nSPS) is 21.2. The lowest BCUT2D eigenvalue weighted by atomic mass is 10.2. The van der Waals surface area contributed by atoms with Crippen molar-refractivity contribution in [3.63, 3.8) is 0 Å². The summed E-state index contributed by atoms with van der Waals surface area (Å²) in [5.41, 5.74) is -0.881. The number of amides is 1. The summed E-state index contributed by atoms with van der Waals surface area (Å²) in [5.74, 6) is -1.17. The van der Waals surface area contributed by atoms with Crippen LogP contribution in [0.4, 0.5) is 9.18 Å². The van der Waals surface area contributed by atoms with E-state index in [2.05, 4.69) is 20.3 Å². The van der Waals surface area contributed by atoms with E-state index in [1.165, 1.54) is 0 Å². The average molecular weight is 430 g/mol. The molecule has 1 amide bonds. The molecule has 2 saturated heterocycles. The van der Waals surface area contributed by atoms with Crippen LogP contribution in [0.2, 0.25) is 5.15 Å². The summed E-state index contributed by atoms with van der Waals surface area (Å²) in [7, 11) is 0.